The molecular weight excluding hydrogens is 313 g/mol. The molecule has 0 saturated carbocycles. The minimum Gasteiger partial charge on any atom is -0.386 e. The smallest absolute Gasteiger partial charge is 0.257 e. The molecule has 2 N–H and O–H groups in total. The molecule has 7 heteroatoms. The Morgan fingerprint density at radius 3 is 2.75 bits per heavy atom. The van der Waals surface area contributed by atoms with Gasteiger partial charge in [-0.15, -0.1) is 0 Å². The first-order valence-electron chi connectivity index (χ1n) is 7.42. The average molecular weight is 329 g/mol. The summed E-state index contributed by atoms with van der Waals surface area (Å²) in [4.78, 5) is 16.4. The summed E-state index contributed by atoms with van der Waals surface area (Å²) in [5.74, 6) is -0.759. The van der Waals surface area contributed by atoms with Gasteiger partial charge in [0, 0.05) is 6.20 Å². The van der Waals surface area contributed by atoms with Crippen molar-refractivity contribution in [3.05, 3.63) is 59.2 Å². The van der Waals surface area contributed by atoms with Crippen molar-refractivity contribution < 1.29 is 18.8 Å². The second-order valence-electron chi connectivity index (χ2n) is 5.60. The van der Waals surface area contributed by atoms with Crippen LogP contribution in [0, 0.1) is 12.7 Å². The van der Waals surface area contributed by atoms with Crippen LogP contribution in [0.25, 0.3) is 11.1 Å². The van der Waals surface area contributed by atoms with Crippen LogP contribution in [0.5, 0.6) is 0 Å². The number of nitrogens with zero attached hydrogens (tertiary/aromatic N) is 2. The quantitative estimate of drug-likeness (QED) is 0.768. The number of hydrogen-bond acceptors (Lipinski definition) is 5. The third kappa shape index (κ3) is 3.11. The lowest BCUT2D eigenvalue weighted by molar-refractivity contribution is 0.0851. The first-order chi connectivity index (χ1) is 11.5. The lowest BCUT2D eigenvalue weighted by Gasteiger charge is -2.20. The van der Waals surface area contributed by atoms with Gasteiger partial charge in [0.2, 0.25) is 0 Å². The van der Waals surface area contributed by atoms with Crippen LogP contribution >= 0.6 is 0 Å². The zero-order chi connectivity index (χ0) is 17.3. The molecule has 3 rings (SSSR count). The van der Waals surface area contributed by atoms with E-state index in [-0.39, 0.29) is 11.7 Å². The summed E-state index contributed by atoms with van der Waals surface area (Å²) in [6.07, 6.45) is 0.433. The summed E-state index contributed by atoms with van der Waals surface area (Å²) in [7, 11) is 0. The van der Waals surface area contributed by atoms with Crippen LogP contribution in [0.1, 0.15) is 34.6 Å². The molecule has 6 nitrogen and oxygen atoms in total. The Morgan fingerprint density at radius 2 is 2.04 bits per heavy atom. The summed E-state index contributed by atoms with van der Waals surface area (Å²) in [5.41, 5.74) is 1.87. The van der Waals surface area contributed by atoms with Crippen molar-refractivity contribution >= 4 is 17.0 Å². The highest BCUT2D eigenvalue weighted by molar-refractivity contribution is 5.97. The standard InChI is InChI=1S/C17H16FN3O3/c1-9-14-7-12(8-19-17(14)24-21-9)16(23)20-10(2)15(22)11-3-5-13(18)6-4-11/h3-8,10,15,22H,1-2H3,(H,20,23). The van der Waals surface area contributed by atoms with Gasteiger partial charge >= 0.3 is 0 Å². The van der Waals surface area contributed by atoms with E-state index in [4.69, 9.17) is 4.52 Å². The van der Waals surface area contributed by atoms with Crippen LogP contribution < -0.4 is 5.32 Å². The molecule has 0 radical (unpaired) electrons. The van der Waals surface area contributed by atoms with E-state index >= 15 is 0 Å². The Labute approximate surface area is 137 Å². The Hall–Kier alpha value is -2.80. The number of benzene rings is 1. The predicted molar refractivity (Wildman–Crippen MR) is 84.8 cm³/mol. The van der Waals surface area contributed by atoms with Crippen molar-refractivity contribution in [3.63, 3.8) is 0 Å². The molecule has 0 aliphatic carbocycles. The van der Waals surface area contributed by atoms with Crippen molar-refractivity contribution in [2.45, 2.75) is 26.0 Å². The van der Waals surface area contributed by atoms with Gasteiger partial charge in [0.25, 0.3) is 11.6 Å². The zero-order valence-corrected chi connectivity index (χ0v) is 13.2. The SMILES string of the molecule is Cc1noc2ncc(C(=O)NC(C)C(O)c3ccc(F)cc3)cc12. The van der Waals surface area contributed by atoms with E-state index in [0.29, 0.717) is 27.9 Å². The molecule has 2 aromatic heterocycles. The van der Waals surface area contributed by atoms with E-state index < -0.39 is 12.1 Å². The van der Waals surface area contributed by atoms with Gasteiger partial charge in [-0.2, -0.15) is 0 Å². The molecular formula is C17H16FN3O3. The minimum absolute atomic E-state index is 0.340. The van der Waals surface area contributed by atoms with Crippen molar-refractivity contribution in [1.82, 2.24) is 15.5 Å². The fraction of sp³-hybridized carbons (Fsp3) is 0.235. The van der Waals surface area contributed by atoms with E-state index in [1.807, 2.05) is 0 Å². The van der Waals surface area contributed by atoms with Gasteiger partial charge < -0.3 is 14.9 Å². The van der Waals surface area contributed by atoms with Crippen LogP contribution in [0.4, 0.5) is 4.39 Å². The fourth-order valence-electron chi connectivity index (χ4n) is 2.39. The van der Waals surface area contributed by atoms with Crippen LogP contribution in [0.3, 0.4) is 0 Å². The Kier molecular flexibility index (Phi) is 4.26. The van der Waals surface area contributed by atoms with Crippen molar-refractivity contribution in [1.29, 1.82) is 0 Å². The summed E-state index contributed by atoms with van der Waals surface area (Å²) in [5, 5.41) is 17.4. The maximum absolute atomic E-state index is 12.9. The van der Waals surface area contributed by atoms with E-state index in [2.05, 4.69) is 15.5 Å². The third-order valence-corrected chi connectivity index (χ3v) is 3.82. The number of hydrogen-bond donors (Lipinski definition) is 2. The molecule has 0 bridgehead atoms. The van der Waals surface area contributed by atoms with E-state index in [1.54, 1.807) is 19.9 Å². The molecule has 0 aliphatic heterocycles. The Bertz CT molecular complexity index is 876. The van der Waals surface area contributed by atoms with Gasteiger partial charge in [-0.25, -0.2) is 9.37 Å². The topological polar surface area (TPSA) is 88.2 Å². The maximum Gasteiger partial charge on any atom is 0.257 e. The van der Waals surface area contributed by atoms with E-state index in [1.165, 1.54) is 30.5 Å². The highest BCUT2D eigenvalue weighted by Crippen LogP contribution is 2.19. The lowest BCUT2D eigenvalue weighted by Crippen LogP contribution is -2.37. The largest absolute Gasteiger partial charge is 0.386 e. The number of halogens is 1. The molecule has 2 heterocycles. The van der Waals surface area contributed by atoms with Crippen LogP contribution in [-0.2, 0) is 0 Å². The van der Waals surface area contributed by atoms with E-state index in [9.17, 15) is 14.3 Å². The molecule has 1 aromatic carbocycles. The van der Waals surface area contributed by atoms with Gasteiger partial charge in [-0.05, 0) is 37.6 Å². The second-order valence-corrected chi connectivity index (χ2v) is 5.60. The van der Waals surface area contributed by atoms with Gasteiger partial charge in [0.1, 0.15) is 5.82 Å². The van der Waals surface area contributed by atoms with Gasteiger partial charge in [0.05, 0.1) is 28.8 Å². The third-order valence-electron chi connectivity index (χ3n) is 3.82. The molecule has 1 amide bonds. The number of aliphatic hydroxyl groups is 1. The highest BCUT2D eigenvalue weighted by Gasteiger charge is 2.20. The maximum atomic E-state index is 12.9. The van der Waals surface area contributed by atoms with Crippen LogP contribution in [0.2, 0.25) is 0 Å². The minimum atomic E-state index is -0.955. The zero-order valence-electron chi connectivity index (χ0n) is 13.2. The van der Waals surface area contributed by atoms with E-state index in [0.717, 1.165) is 0 Å². The number of carbonyl (C=O) groups excluding carboxylic acids is 1. The first kappa shape index (κ1) is 16.1. The van der Waals surface area contributed by atoms with Crippen molar-refractivity contribution in [2.75, 3.05) is 0 Å². The monoisotopic (exact) mass is 329 g/mol. The molecule has 2 atom stereocenters. The number of amides is 1. The molecule has 0 aliphatic rings. The Morgan fingerprint density at radius 1 is 1.33 bits per heavy atom. The predicted octanol–water partition coefficient (Wildman–Crippen LogP) is 2.52. The summed E-state index contributed by atoms with van der Waals surface area (Å²) >= 11 is 0. The lowest BCUT2D eigenvalue weighted by atomic mass is 10.0. The molecule has 0 fully saturated rings. The molecule has 24 heavy (non-hydrogen) atoms. The number of carbonyl (C=O) groups is 1. The number of aliphatic hydroxyl groups excluding tert-OH is 1. The number of fused-ring (bicyclic) bond motifs is 1. The van der Waals surface area contributed by atoms with Crippen molar-refractivity contribution in [3.8, 4) is 0 Å². The highest BCUT2D eigenvalue weighted by atomic mass is 19.1. The number of pyridine rings is 1. The molecule has 2 unspecified atom stereocenters. The number of nitrogens with one attached hydrogen (secondary N) is 1. The Balaban J connectivity index is 1.74. The van der Waals surface area contributed by atoms with Gasteiger partial charge in [-0.3, -0.25) is 4.79 Å². The molecule has 3 aromatic rings. The second kappa shape index (κ2) is 6.37. The molecule has 124 valence electrons. The number of rotatable bonds is 4. The number of aryl methyl sites for hydroxylation is 1. The van der Waals surface area contributed by atoms with Gasteiger partial charge in [-0.1, -0.05) is 17.3 Å². The molecule has 0 saturated heterocycles. The fourth-order valence-corrected chi connectivity index (χ4v) is 2.39. The first-order valence-corrected chi connectivity index (χ1v) is 7.42. The van der Waals surface area contributed by atoms with Crippen molar-refractivity contribution in [2.24, 2.45) is 0 Å². The summed E-state index contributed by atoms with van der Waals surface area (Å²) < 4.78 is 18.0. The normalized spacial score (nSPS) is 13.7. The van der Waals surface area contributed by atoms with Gasteiger partial charge in [0.15, 0.2) is 0 Å². The van der Waals surface area contributed by atoms with Crippen LogP contribution in [-0.4, -0.2) is 27.2 Å². The molecule has 0 spiro atoms. The number of aromatic nitrogens is 2. The average Bonchev–Trinajstić information content (AvgIpc) is 2.95. The summed E-state index contributed by atoms with van der Waals surface area (Å²) in [6.45, 7) is 3.43. The summed E-state index contributed by atoms with van der Waals surface area (Å²) in [6, 6.07) is 6.56. The van der Waals surface area contributed by atoms with Crippen LogP contribution in [0.15, 0.2) is 41.1 Å².